The Kier molecular flexibility index (Phi) is 5.52. The molecule has 0 saturated carbocycles. The molecule has 3 nitrogen and oxygen atoms in total. The van der Waals surface area contributed by atoms with Crippen molar-refractivity contribution in [3.63, 3.8) is 0 Å². The number of phenols is 1. The van der Waals surface area contributed by atoms with Crippen LogP contribution in [0, 0.1) is 3.57 Å². The van der Waals surface area contributed by atoms with Crippen LogP contribution in [0.1, 0.15) is 24.2 Å². The summed E-state index contributed by atoms with van der Waals surface area (Å²) in [5, 5.41) is 9.72. The van der Waals surface area contributed by atoms with Gasteiger partial charge in [-0.25, -0.2) is 0 Å². The molecule has 0 bridgehead atoms. The molecular formula is C12H15ClINO2. The molecule has 0 heterocycles. The van der Waals surface area contributed by atoms with E-state index in [-0.39, 0.29) is 17.7 Å². The number of carbonyl (C=O) groups excluding carboxylic acids is 1. The third-order valence-electron chi connectivity index (χ3n) is 2.40. The zero-order valence-corrected chi connectivity index (χ0v) is 12.7. The second kappa shape index (κ2) is 6.44. The van der Waals surface area contributed by atoms with Crippen LogP contribution in [0.3, 0.4) is 0 Å². The van der Waals surface area contributed by atoms with E-state index in [1.54, 1.807) is 17.0 Å². The fourth-order valence-corrected chi connectivity index (χ4v) is 2.19. The van der Waals surface area contributed by atoms with E-state index < -0.39 is 0 Å². The average molecular weight is 368 g/mol. The minimum atomic E-state index is -0.184. The molecule has 17 heavy (non-hydrogen) atoms. The van der Waals surface area contributed by atoms with Crippen LogP contribution in [0.15, 0.2) is 18.2 Å². The van der Waals surface area contributed by atoms with Crippen molar-refractivity contribution in [3.8, 4) is 5.75 Å². The third-order valence-corrected chi connectivity index (χ3v) is 3.24. The molecule has 5 heteroatoms. The summed E-state index contributed by atoms with van der Waals surface area (Å²) in [4.78, 5) is 13.9. The first kappa shape index (κ1) is 14.6. The van der Waals surface area contributed by atoms with Gasteiger partial charge in [-0.3, -0.25) is 4.79 Å². The fraction of sp³-hybridized carbons (Fsp3) is 0.417. The first-order valence-electron chi connectivity index (χ1n) is 5.32. The molecular weight excluding hydrogens is 352 g/mol. The van der Waals surface area contributed by atoms with Crippen LogP contribution < -0.4 is 0 Å². The van der Waals surface area contributed by atoms with E-state index >= 15 is 0 Å². The van der Waals surface area contributed by atoms with Gasteiger partial charge in [-0.15, -0.1) is 11.6 Å². The number of amides is 1. The Morgan fingerprint density at radius 1 is 1.53 bits per heavy atom. The Bertz CT molecular complexity index is 409. The van der Waals surface area contributed by atoms with Crippen LogP contribution in [0.2, 0.25) is 0 Å². The minimum absolute atomic E-state index is 0.00985. The van der Waals surface area contributed by atoms with Crippen LogP contribution >= 0.6 is 34.2 Å². The number of phenolic OH excluding ortho intramolecular Hbond substituents is 1. The number of hydrogen-bond donors (Lipinski definition) is 1. The van der Waals surface area contributed by atoms with Gasteiger partial charge in [0.25, 0.3) is 5.91 Å². The molecule has 0 unspecified atom stereocenters. The molecule has 0 saturated heterocycles. The molecule has 0 aliphatic heterocycles. The molecule has 1 N–H and O–H groups in total. The lowest BCUT2D eigenvalue weighted by molar-refractivity contribution is 0.0715. The van der Waals surface area contributed by atoms with Crippen molar-refractivity contribution in [1.82, 2.24) is 4.90 Å². The van der Waals surface area contributed by atoms with Crippen LogP contribution in [0.4, 0.5) is 0 Å². The lowest BCUT2D eigenvalue weighted by atomic mass is 10.1. The number of hydrogen-bond acceptors (Lipinski definition) is 2. The molecule has 0 fully saturated rings. The van der Waals surface area contributed by atoms with Crippen molar-refractivity contribution in [2.45, 2.75) is 19.9 Å². The zero-order valence-electron chi connectivity index (χ0n) is 9.78. The molecule has 1 amide bonds. The number of halogens is 2. The highest BCUT2D eigenvalue weighted by atomic mass is 127. The number of nitrogens with zero attached hydrogens (tertiary/aromatic N) is 1. The monoisotopic (exact) mass is 367 g/mol. The van der Waals surface area contributed by atoms with Gasteiger partial charge in [-0.1, -0.05) is 0 Å². The van der Waals surface area contributed by atoms with E-state index in [1.807, 2.05) is 13.8 Å². The van der Waals surface area contributed by atoms with Crippen molar-refractivity contribution in [3.05, 3.63) is 27.3 Å². The maximum absolute atomic E-state index is 12.3. The van der Waals surface area contributed by atoms with Gasteiger partial charge < -0.3 is 10.0 Å². The lowest BCUT2D eigenvalue weighted by Gasteiger charge is -2.26. The summed E-state index contributed by atoms with van der Waals surface area (Å²) in [6.07, 6.45) is 0. The Morgan fingerprint density at radius 3 is 2.71 bits per heavy atom. The summed E-state index contributed by atoms with van der Waals surface area (Å²) in [5.41, 5.74) is 0.329. The van der Waals surface area contributed by atoms with Crippen molar-refractivity contribution in [2.24, 2.45) is 0 Å². The van der Waals surface area contributed by atoms with Gasteiger partial charge in [0.2, 0.25) is 0 Å². The second-order valence-electron chi connectivity index (χ2n) is 3.94. The number of alkyl halides is 1. The molecule has 1 rings (SSSR count). The molecule has 0 radical (unpaired) electrons. The number of rotatable bonds is 4. The van der Waals surface area contributed by atoms with Crippen molar-refractivity contribution in [1.29, 1.82) is 0 Å². The van der Waals surface area contributed by atoms with Crippen LogP contribution in [0.25, 0.3) is 0 Å². The maximum Gasteiger partial charge on any atom is 0.257 e. The zero-order chi connectivity index (χ0) is 13.0. The van der Waals surface area contributed by atoms with Gasteiger partial charge in [0.15, 0.2) is 0 Å². The van der Waals surface area contributed by atoms with E-state index in [1.165, 1.54) is 6.07 Å². The summed E-state index contributed by atoms with van der Waals surface area (Å²) < 4.78 is 0.915. The van der Waals surface area contributed by atoms with E-state index in [0.29, 0.717) is 18.0 Å². The number of carbonyl (C=O) groups is 1. The van der Waals surface area contributed by atoms with E-state index in [2.05, 4.69) is 22.6 Å². The van der Waals surface area contributed by atoms with Crippen LogP contribution in [-0.2, 0) is 0 Å². The largest absolute Gasteiger partial charge is 0.507 e. The molecule has 0 aromatic heterocycles. The van der Waals surface area contributed by atoms with Gasteiger partial charge >= 0.3 is 0 Å². The number of aromatic hydroxyl groups is 1. The van der Waals surface area contributed by atoms with Crippen LogP contribution in [0.5, 0.6) is 5.75 Å². The standard InChI is InChI=1S/C12H15ClINO2/c1-8(2)15(6-5-13)12(17)10-7-9(14)3-4-11(10)16/h3-4,7-8,16H,5-6H2,1-2H3. The first-order valence-corrected chi connectivity index (χ1v) is 6.94. The summed E-state index contributed by atoms with van der Waals surface area (Å²) in [7, 11) is 0. The van der Waals surface area contributed by atoms with Gasteiger partial charge in [0.05, 0.1) is 5.56 Å². The van der Waals surface area contributed by atoms with Gasteiger partial charge in [-0.05, 0) is 54.6 Å². The smallest absolute Gasteiger partial charge is 0.257 e. The predicted octanol–water partition coefficient (Wildman–Crippen LogP) is 3.09. The summed E-state index contributed by atoms with van der Waals surface area (Å²) in [6.45, 7) is 4.33. The molecule has 94 valence electrons. The minimum Gasteiger partial charge on any atom is -0.507 e. The first-order chi connectivity index (χ1) is 7.97. The van der Waals surface area contributed by atoms with Crippen molar-refractivity contribution >= 4 is 40.1 Å². The fourth-order valence-electron chi connectivity index (χ4n) is 1.52. The van der Waals surface area contributed by atoms with E-state index in [0.717, 1.165) is 3.57 Å². The molecule has 0 aliphatic carbocycles. The molecule has 1 aromatic rings. The van der Waals surface area contributed by atoms with Gasteiger partial charge in [0.1, 0.15) is 5.75 Å². The summed E-state index contributed by atoms with van der Waals surface area (Å²) >= 11 is 7.79. The topological polar surface area (TPSA) is 40.5 Å². The number of benzene rings is 1. The second-order valence-corrected chi connectivity index (χ2v) is 5.57. The Hall–Kier alpha value is -0.490. The van der Waals surface area contributed by atoms with Crippen LogP contribution in [-0.4, -0.2) is 34.4 Å². The Labute approximate surface area is 120 Å². The lowest BCUT2D eigenvalue weighted by Crippen LogP contribution is -2.38. The maximum atomic E-state index is 12.3. The third kappa shape index (κ3) is 3.74. The van der Waals surface area contributed by atoms with E-state index in [4.69, 9.17) is 11.6 Å². The highest BCUT2D eigenvalue weighted by molar-refractivity contribution is 14.1. The van der Waals surface area contributed by atoms with Gasteiger partial charge in [0, 0.05) is 22.0 Å². The van der Waals surface area contributed by atoms with E-state index in [9.17, 15) is 9.90 Å². The Balaban J connectivity index is 3.04. The van der Waals surface area contributed by atoms with Crippen molar-refractivity contribution in [2.75, 3.05) is 12.4 Å². The SMILES string of the molecule is CC(C)N(CCCl)C(=O)c1cc(I)ccc1O. The molecule has 0 aliphatic rings. The quantitative estimate of drug-likeness (QED) is 0.656. The molecule has 0 spiro atoms. The predicted molar refractivity (Wildman–Crippen MR) is 77.7 cm³/mol. The molecule has 1 aromatic carbocycles. The molecule has 0 atom stereocenters. The highest BCUT2D eigenvalue weighted by Crippen LogP contribution is 2.22. The highest BCUT2D eigenvalue weighted by Gasteiger charge is 2.21. The Morgan fingerprint density at radius 2 is 2.18 bits per heavy atom. The van der Waals surface area contributed by atoms with Crippen molar-refractivity contribution < 1.29 is 9.90 Å². The van der Waals surface area contributed by atoms with Gasteiger partial charge in [-0.2, -0.15) is 0 Å². The normalized spacial score (nSPS) is 10.6. The summed E-state index contributed by atoms with van der Waals surface area (Å²) in [6, 6.07) is 5.03. The summed E-state index contributed by atoms with van der Waals surface area (Å²) in [5.74, 6) is 0.210. The average Bonchev–Trinajstić information content (AvgIpc) is 2.28.